The minimum absolute atomic E-state index is 0.105. The quantitative estimate of drug-likeness (QED) is 0.659. The van der Waals surface area contributed by atoms with Crippen molar-refractivity contribution in [2.75, 3.05) is 37.7 Å². The molecule has 0 spiro atoms. The summed E-state index contributed by atoms with van der Waals surface area (Å²) in [4.78, 5) is 37.8. The fourth-order valence-corrected chi connectivity index (χ4v) is 3.53. The van der Waals surface area contributed by atoms with E-state index in [1.807, 2.05) is 42.5 Å². The normalized spacial score (nSPS) is 15.1. The third-order valence-electron chi connectivity index (χ3n) is 5.18. The lowest BCUT2D eigenvalue weighted by molar-refractivity contribution is -0.134. The van der Waals surface area contributed by atoms with E-state index in [-0.39, 0.29) is 11.6 Å². The van der Waals surface area contributed by atoms with Gasteiger partial charge in [-0.1, -0.05) is 30.3 Å². The molecule has 1 atom stereocenters. The first-order valence-electron chi connectivity index (χ1n) is 9.88. The molecule has 1 saturated heterocycles. The molecule has 0 unspecified atom stereocenters. The smallest absolute Gasteiger partial charge is 0.272 e. The Morgan fingerprint density at radius 2 is 1.63 bits per heavy atom. The molecule has 0 bridgehead atoms. The van der Waals surface area contributed by atoms with Gasteiger partial charge in [-0.25, -0.2) is 4.98 Å². The Balaban J connectivity index is 1.38. The predicted molar refractivity (Wildman–Crippen MR) is 113 cm³/mol. The number of nitrogens with one attached hydrogen (secondary N) is 1. The highest BCUT2D eigenvalue weighted by Gasteiger charge is 2.29. The van der Waals surface area contributed by atoms with Crippen LogP contribution in [0, 0.1) is 0 Å². The number of benzene rings is 2. The maximum atomic E-state index is 12.8. The van der Waals surface area contributed by atoms with Crippen LogP contribution < -0.4 is 10.2 Å². The molecular formula is C22H23N5O3. The van der Waals surface area contributed by atoms with Gasteiger partial charge in [-0.2, -0.15) is 0 Å². The Morgan fingerprint density at radius 3 is 2.33 bits per heavy atom. The van der Waals surface area contributed by atoms with E-state index in [2.05, 4.69) is 20.2 Å². The molecule has 154 valence electrons. The van der Waals surface area contributed by atoms with E-state index in [0.29, 0.717) is 37.2 Å². The zero-order valence-electron chi connectivity index (χ0n) is 16.4. The van der Waals surface area contributed by atoms with Crippen molar-refractivity contribution in [2.24, 2.45) is 0 Å². The number of fused-ring (bicyclic) bond motifs is 1. The average Bonchev–Trinajstić information content (AvgIpc) is 2.82. The number of piperazine rings is 1. The number of aliphatic hydroxyl groups is 1. The minimum Gasteiger partial charge on any atom is -0.394 e. The van der Waals surface area contributed by atoms with Crippen LogP contribution in [0.1, 0.15) is 10.5 Å². The van der Waals surface area contributed by atoms with Crippen molar-refractivity contribution < 1.29 is 14.7 Å². The molecule has 1 aliphatic rings. The summed E-state index contributed by atoms with van der Waals surface area (Å²) in [6.45, 7) is 1.95. The van der Waals surface area contributed by atoms with E-state index in [4.69, 9.17) is 0 Å². The van der Waals surface area contributed by atoms with Gasteiger partial charge < -0.3 is 20.2 Å². The zero-order chi connectivity index (χ0) is 20.9. The van der Waals surface area contributed by atoms with Gasteiger partial charge in [-0.05, 0) is 24.3 Å². The lowest BCUT2D eigenvalue weighted by atomic mass is 10.2. The molecule has 2 aromatic carbocycles. The number of amides is 2. The summed E-state index contributed by atoms with van der Waals surface area (Å²) in [5, 5.41) is 12.3. The molecule has 0 radical (unpaired) electrons. The number of anilines is 1. The number of nitrogens with zero attached hydrogens (tertiary/aromatic N) is 4. The lowest BCUT2D eigenvalue weighted by Gasteiger charge is -2.37. The van der Waals surface area contributed by atoms with Crippen molar-refractivity contribution in [1.82, 2.24) is 20.2 Å². The number of para-hydroxylation sites is 3. The van der Waals surface area contributed by atoms with Gasteiger partial charge in [-0.3, -0.25) is 14.6 Å². The van der Waals surface area contributed by atoms with Crippen LogP contribution in [0.15, 0.2) is 60.8 Å². The van der Waals surface area contributed by atoms with Crippen molar-refractivity contribution in [1.29, 1.82) is 0 Å². The van der Waals surface area contributed by atoms with Crippen LogP contribution in [0.2, 0.25) is 0 Å². The van der Waals surface area contributed by atoms with Crippen LogP contribution in [-0.2, 0) is 4.79 Å². The van der Waals surface area contributed by atoms with Crippen LogP contribution >= 0.6 is 0 Å². The number of carbonyl (C=O) groups excluding carboxylic acids is 2. The maximum absolute atomic E-state index is 12.8. The number of carbonyl (C=O) groups is 2. The number of rotatable bonds is 5. The average molecular weight is 405 g/mol. The van der Waals surface area contributed by atoms with Crippen LogP contribution in [0.3, 0.4) is 0 Å². The molecule has 30 heavy (non-hydrogen) atoms. The summed E-state index contributed by atoms with van der Waals surface area (Å²) in [5.74, 6) is -0.837. The first-order chi connectivity index (χ1) is 14.7. The number of hydrogen-bond acceptors (Lipinski definition) is 6. The third-order valence-corrected chi connectivity index (χ3v) is 5.18. The highest BCUT2D eigenvalue weighted by molar-refractivity contribution is 5.97. The van der Waals surface area contributed by atoms with E-state index in [1.165, 1.54) is 6.20 Å². The summed E-state index contributed by atoms with van der Waals surface area (Å²) in [7, 11) is 0. The van der Waals surface area contributed by atoms with Gasteiger partial charge in [0.25, 0.3) is 5.91 Å². The van der Waals surface area contributed by atoms with Crippen molar-refractivity contribution in [3.05, 3.63) is 66.5 Å². The molecule has 2 heterocycles. The van der Waals surface area contributed by atoms with Gasteiger partial charge in [0.2, 0.25) is 5.91 Å². The molecule has 0 aliphatic carbocycles. The van der Waals surface area contributed by atoms with E-state index in [0.717, 1.165) is 5.69 Å². The van der Waals surface area contributed by atoms with Gasteiger partial charge in [0.1, 0.15) is 11.7 Å². The van der Waals surface area contributed by atoms with E-state index < -0.39 is 18.6 Å². The highest BCUT2D eigenvalue weighted by atomic mass is 16.3. The Kier molecular flexibility index (Phi) is 5.85. The topological polar surface area (TPSA) is 98.7 Å². The molecular weight excluding hydrogens is 382 g/mol. The largest absolute Gasteiger partial charge is 0.394 e. The number of aromatic nitrogens is 2. The molecule has 8 heteroatoms. The predicted octanol–water partition coefficient (Wildman–Crippen LogP) is 1.07. The van der Waals surface area contributed by atoms with E-state index >= 15 is 0 Å². The molecule has 2 N–H and O–H groups in total. The van der Waals surface area contributed by atoms with Crippen molar-refractivity contribution in [3.63, 3.8) is 0 Å². The van der Waals surface area contributed by atoms with E-state index in [9.17, 15) is 14.7 Å². The Morgan fingerprint density at radius 1 is 0.967 bits per heavy atom. The zero-order valence-corrected chi connectivity index (χ0v) is 16.4. The molecule has 1 aliphatic heterocycles. The molecule has 0 saturated carbocycles. The van der Waals surface area contributed by atoms with Crippen molar-refractivity contribution in [2.45, 2.75) is 6.04 Å². The van der Waals surface area contributed by atoms with Gasteiger partial charge in [0, 0.05) is 31.9 Å². The third kappa shape index (κ3) is 4.23. The monoisotopic (exact) mass is 405 g/mol. The minimum atomic E-state index is -1.02. The van der Waals surface area contributed by atoms with Gasteiger partial charge in [0.05, 0.1) is 23.8 Å². The first kappa shape index (κ1) is 19.8. The van der Waals surface area contributed by atoms with Crippen LogP contribution in [0.4, 0.5) is 5.69 Å². The Bertz CT molecular complexity index is 1040. The summed E-state index contributed by atoms with van der Waals surface area (Å²) >= 11 is 0. The second kappa shape index (κ2) is 8.87. The maximum Gasteiger partial charge on any atom is 0.272 e. The van der Waals surface area contributed by atoms with Crippen LogP contribution in [0.5, 0.6) is 0 Å². The first-order valence-corrected chi connectivity index (χ1v) is 9.88. The molecule has 3 aromatic rings. The van der Waals surface area contributed by atoms with Gasteiger partial charge >= 0.3 is 0 Å². The number of aliphatic hydroxyl groups excluding tert-OH is 1. The fourth-order valence-electron chi connectivity index (χ4n) is 3.53. The van der Waals surface area contributed by atoms with Crippen molar-refractivity contribution >= 4 is 28.5 Å². The molecule has 4 rings (SSSR count). The highest BCUT2D eigenvalue weighted by Crippen LogP contribution is 2.16. The van der Waals surface area contributed by atoms with Crippen molar-refractivity contribution in [3.8, 4) is 0 Å². The summed E-state index contributed by atoms with van der Waals surface area (Å²) < 4.78 is 0. The molecule has 8 nitrogen and oxygen atoms in total. The fraction of sp³-hybridized carbons (Fsp3) is 0.273. The Hall–Kier alpha value is -3.52. The Labute approximate surface area is 174 Å². The SMILES string of the molecule is O=C(N[C@@H](CO)C(=O)N1CCN(c2ccccc2)CC1)c1cnc2ccccc2n1. The second-order valence-electron chi connectivity index (χ2n) is 7.10. The number of hydrogen-bond donors (Lipinski definition) is 2. The summed E-state index contributed by atoms with van der Waals surface area (Å²) in [6.07, 6.45) is 1.37. The van der Waals surface area contributed by atoms with Crippen LogP contribution in [0.25, 0.3) is 11.0 Å². The molecule has 2 amide bonds. The van der Waals surface area contributed by atoms with Gasteiger partial charge in [0.15, 0.2) is 0 Å². The van der Waals surface area contributed by atoms with E-state index in [1.54, 1.807) is 17.0 Å². The lowest BCUT2D eigenvalue weighted by Crippen LogP contribution is -2.56. The summed E-state index contributed by atoms with van der Waals surface area (Å²) in [6, 6.07) is 16.2. The standard InChI is InChI=1S/C22H23N5O3/c28-15-20(25-21(29)19-14-23-17-8-4-5-9-18(17)24-19)22(30)27-12-10-26(11-13-27)16-6-2-1-3-7-16/h1-9,14,20,28H,10-13,15H2,(H,25,29)/t20-/m0/s1. The van der Waals surface area contributed by atoms with Gasteiger partial charge in [-0.15, -0.1) is 0 Å². The molecule has 1 fully saturated rings. The molecule has 1 aromatic heterocycles. The van der Waals surface area contributed by atoms with Crippen LogP contribution in [-0.4, -0.2) is 70.6 Å². The second-order valence-corrected chi connectivity index (χ2v) is 7.10. The summed E-state index contributed by atoms with van der Waals surface area (Å²) in [5.41, 5.74) is 2.49.